The maximum atomic E-state index is 3.46. The summed E-state index contributed by atoms with van der Waals surface area (Å²) >= 11 is 0. The first-order chi connectivity index (χ1) is 7.43. The van der Waals surface area contributed by atoms with Crippen LogP contribution in [-0.2, 0) is 0 Å². The van der Waals surface area contributed by atoms with E-state index >= 15 is 0 Å². The first-order valence-electron chi connectivity index (χ1n) is 6.62. The van der Waals surface area contributed by atoms with E-state index < -0.39 is 0 Å². The molecule has 4 rings (SSSR count). The second kappa shape index (κ2) is 3.19. The Balaban J connectivity index is 1.51. The number of rotatable bonds is 1. The smallest absolute Gasteiger partial charge is 0.0283 e. The van der Waals surface area contributed by atoms with Gasteiger partial charge in [-0.25, -0.2) is 0 Å². The molecular formula is C12H21N3. The van der Waals surface area contributed by atoms with Crippen molar-refractivity contribution in [2.75, 3.05) is 39.3 Å². The van der Waals surface area contributed by atoms with Gasteiger partial charge in [0.25, 0.3) is 0 Å². The van der Waals surface area contributed by atoms with Crippen molar-refractivity contribution in [3.63, 3.8) is 0 Å². The van der Waals surface area contributed by atoms with E-state index in [1.807, 2.05) is 0 Å². The zero-order valence-electron chi connectivity index (χ0n) is 9.36. The highest BCUT2D eigenvalue weighted by molar-refractivity contribution is 5.12. The predicted molar refractivity (Wildman–Crippen MR) is 59.8 cm³/mol. The summed E-state index contributed by atoms with van der Waals surface area (Å²) in [5.74, 6) is 2.19. The second-order valence-corrected chi connectivity index (χ2v) is 5.79. The quantitative estimate of drug-likeness (QED) is 0.652. The van der Waals surface area contributed by atoms with Crippen LogP contribution < -0.4 is 5.32 Å². The van der Waals surface area contributed by atoms with Gasteiger partial charge in [-0.3, -0.25) is 9.80 Å². The number of hydrogen-bond acceptors (Lipinski definition) is 3. The summed E-state index contributed by atoms with van der Waals surface area (Å²) in [7, 11) is 0. The fourth-order valence-corrected chi connectivity index (χ4v) is 4.24. The molecule has 1 aliphatic carbocycles. The van der Waals surface area contributed by atoms with Crippen LogP contribution in [0.1, 0.15) is 12.8 Å². The molecule has 0 amide bonds. The van der Waals surface area contributed by atoms with Crippen LogP contribution in [0.3, 0.4) is 0 Å². The van der Waals surface area contributed by atoms with Crippen molar-refractivity contribution in [3.8, 4) is 0 Å². The molecule has 0 bridgehead atoms. The number of nitrogens with one attached hydrogen (secondary N) is 1. The number of hydrogen-bond donors (Lipinski definition) is 1. The molecule has 1 saturated carbocycles. The van der Waals surface area contributed by atoms with Crippen molar-refractivity contribution in [2.24, 2.45) is 11.8 Å². The summed E-state index contributed by atoms with van der Waals surface area (Å²) in [4.78, 5) is 5.55. The molecule has 15 heavy (non-hydrogen) atoms. The Morgan fingerprint density at radius 3 is 2.73 bits per heavy atom. The van der Waals surface area contributed by atoms with Gasteiger partial charge in [-0.15, -0.1) is 0 Å². The second-order valence-electron chi connectivity index (χ2n) is 5.79. The monoisotopic (exact) mass is 207 g/mol. The van der Waals surface area contributed by atoms with E-state index in [0.717, 1.165) is 23.9 Å². The zero-order valence-corrected chi connectivity index (χ0v) is 9.36. The Morgan fingerprint density at radius 2 is 1.87 bits per heavy atom. The minimum Gasteiger partial charge on any atom is -0.314 e. The summed E-state index contributed by atoms with van der Waals surface area (Å²) < 4.78 is 0. The van der Waals surface area contributed by atoms with Gasteiger partial charge in [-0.05, 0) is 24.7 Å². The fourth-order valence-electron chi connectivity index (χ4n) is 4.24. The topological polar surface area (TPSA) is 18.5 Å². The van der Waals surface area contributed by atoms with E-state index in [1.165, 1.54) is 45.7 Å². The van der Waals surface area contributed by atoms with Crippen LogP contribution in [0.2, 0.25) is 0 Å². The molecule has 1 N–H and O–H groups in total. The minimum absolute atomic E-state index is 0.907. The van der Waals surface area contributed by atoms with E-state index in [-0.39, 0.29) is 0 Å². The summed E-state index contributed by atoms with van der Waals surface area (Å²) in [6.45, 7) is 7.79. The normalized spacial score (nSPS) is 50.4. The molecule has 0 aromatic heterocycles. The van der Waals surface area contributed by atoms with Crippen LogP contribution in [0, 0.1) is 11.8 Å². The van der Waals surface area contributed by atoms with Crippen LogP contribution in [0.25, 0.3) is 0 Å². The molecule has 3 aliphatic heterocycles. The number of nitrogens with zero attached hydrogens (tertiary/aromatic N) is 2. The maximum Gasteiger partial charge on any atom is 0.0283 e. The Bertz CT molecular complexity index is 262. The molecule has 3 heterocycles. The summed E-state index contributed by atoms with van der Waals surface area (Å²) in [5.41, 5.74) is 0. The van der Waals surface area contributed by atoms with Crippen molar-refractivity contribution < 1.29 is 0 Å². The van der Waals surface area contributed by atoms with Crippen molar-refractivity contribution in [1.29, 1.82) is 0 Å². The first kappa shape index (κ1) is 8.97. The molecule has 3 saturated heterocycles. The summed E-state index contributed by atoms with van der Waals surface area (Å²) in [6.07, 6.45) is 2.98. The molecule has 3 nitrogen and oxygen atoms in total. The lowest BCUT2D eigenvalue weighted by Crippen LogP contribution is -2.52. The highest BCUT2D eigenvalue weighted by atomic mass is 15.3. The Labute approximate surface area is 91.8 Å². The third kappa shape index (κ3) is 1.30. The number of fused-ring (bicyclic) bond motifs is 3. The highest BCUT2D eigenvalue weighted by Gasteiger charge is 2.57. The van der Waals surface area contributed by atoms with Gasteiger partial charge in [-0.1, -0.05) is 0 Å². The SMILES string of the molecule is C1CN(C2CCN3CC4CC4C23)CCN1. The molecule has 84 valence electrons. The Hall–Kier alpha value is -0.120. The van der Waals surface area contributed by atoms with E-state index in [0.29, 0.717) is 0 Å². The lowest BCUT2D eigenvalue weighted by Gasteiger charge is -2.36. The van der Waals surface area contributed by atoms with Crippen molar-refractivity contribution >= 4 is 0 Å². The first-order valence-corrected chi connectivity index (χ1v) is 6.62. The Kier molecular flexibility index (Phi) is 1.91. The van der Waals surface area contributed by atoms with Crippen LogP contribution in [0.4, 0.5) is 0 Å². The standard InChI is InChI=1S/C12H21N3/c1-4-15-8-9-7-10(9)12(15)11(1)14-5-2-13-3-6-14/h9-13H,1-8H2. The van der Waals surface area contributed by atoms with Crippen molar-refractivity contribution in [1.82, 2.24) is 15.1 Å². The summed E-state index contributed by atoms with van der Waals surface area (Å²) in [6, 6.07) is 1.86. The number of piperazine rings is 1. The largest absolute Gasteiger partial charge is 0.314 e. The van der Waals surface area contributed by atoms with Crippen molar-refractivity contribution in [2.45, 2.75) is 24.9 Å². The molecule has 0 radical (unpaired) electrons. The van der Waals surface area contributed by atoms with Crippen LogP contribution in [0.15, 0.2) is 0 Å². The minimum atomic E-state index is 0.907. The average Bonchev–Trinajstić information content (AvgIpc) is 2.76. The van der Waals surface area contributed by atoms with Crippen LogP contribution >= 0.6 is 0 Å². The molecule has 0 aromatic carbocycles. The van der Waals surface area contributed by atoms with Crippen LogP contribution in [0.5, 0.6) is 0 Å². The van der Waals surface area contributed by atoms with Crippen LogP contribution in [-0.4, -0.2) is 61.2 Å². The highest BCUT2D eigenvalue weighted by Crippen LogP contribution is 2.53. The van der Waals surface area contributed by atoms with E-state index in [9.17, 15) is 0 Å². The van der Waals surface area contributed by atoms with E-state index in [1.54, 1.807) is 6.42 Å². The van der Waals surface area contributed by atoms with Gasteiger partial charge >= 0.3 is 0 Å². The molecule has 0 spiro atoms. The molecule has 4 fully saturated rings. The molecule has 4 aliphatic rings. The molecular weight excluding hydrogens is 186 g/mol. The molecule has 4 atom stereocenters. The molecule has 4 unspecified atom stereocenters. The fraction of sp³-hybridized carbons (Fsp3) is 1.00. The molecule has 0 aromatic rings. The van der Waals surface area contributed by atoms with E-state index in [4.69, 9.17) is 0 Å². The van der Waals surface area contributed by atoms with Gasteiger partial charge in [0.05, 0.1) is 0 Å². The van der Waals surface area contributed by atoms with Gasteiger partial charge < -0.3 is 5.32 Å². The van der Waals surface area contributed by atoms with Gasteiger partial charge in [0, 0.05) is 51.4 Å². The van der Waals surface area contributed by atoms with Crippen molar-refractivity contribution in [3.05, 3.63) is 0 Å². The van der Waals surface area contributed by atoms with Gasteiger partial charge in [-0.2, -0.15) is 0 Å². The van der Waals surface area contributed by atoms with Gasteiger partial charge in [0.15, 0.2) is 0 Å². The predicted octanol–water partition coefficient (Wildman–Crippen LogP) is -0.0158. The lowest BCUT2D eigenvalue weighted by atomic mass is 10.0. The third-order valence-electron chi connectivity index (χ3n) is 5.03. The summed E-state index contributed by atoms with van der Waals surface area (Å²) in [5, 5.41) is 3.46. The van der Waals surface area contributed by atoms with Gasteiger partial charge in [0.2, 0.25) is 0 Å². The average molecular weight is 207 g/mol. The van der Waals surface area contributed by atoms with Gasteiger partial charge in [0.1, 0.15) is 0 Å². The third-order valence-corrected chi connectivity index (χ3v) is 5.03. The lowest BCUT2D eigenvalue weighted by molar-refractivity contribution is 0.131. The molecule has 3 heteroatoms. The van der Waals surface area contributed by atoms with E-state index in [2.05, 4.69) is 15.1 Å². The zero-order chi connectivity index (χ0) is 9.83. The Morgan fingerprint density at radius 1 is 1.00 bits per heavy atom. The maximum absolute atomic E-state index is 3.46. The number of piperidine rings is 1.